The first-order chi connectivity index (χ1) is 8.84. The molecular formula is C15H16BrN3. The van der Waals surface area contributed by atoms with Crippen molar-refractivity contribution in [2.75, 3.05) is 0 Å². The average molecular weight is 318 g/mol. The Morgan fingerprint density at radius 2 is 1.79 bits per heavy atom. The van der Waals surface area contributed by atoms with Crippen LogP contribution in [-0.2, 0) is 12.5 Å². The molecule has 0 unspecified atom stereocenters. The molecular weight excluding hydrogens is 302 g/mol. The van der Waals surface area contributed by atoms with E-state index in [2.05, 4.69) is 72.0 Å². The van der Waals surface area contributed by atoms with Gasteiger partial charge in [0, 0.05) is 12.6 Å². The van der Waals surface area contributed by atoms with Gasteiger partial charge in [0.25, 0.3) is 0 Å². The zero-order valence-electron chi connectivity index (χ0n) is 11.5. The first kappa shape index (κ1) is 13.8. The molecule has 0 aliphatic heterocycles. The van der Waals surface area contributed by atoms with Crippen molar-refractivity contribution in [3.8, 4) is 17.5 Å². The van der Waals surface area contributed by atoms with Crippen LogP contribution < -0.4 is 0 Å². The highest BCUT2D eigenvalue weighted by atomic mass is 79.9. The molecule has 1 heterocycles. The number of nitrogens with zero attached hydrogens (tertiary/aromatic N) is 3. The number of halogens is 1. The molecule has 0 saturated heterocycles. The van der Waals surface area contributed by atoms with Crippen LogP contribution in [-0.4, -0.2) is 9.55 Å². The summed E-state index contributed by atoms with van der Waals surface area (Å²) in [5.74, 6) is 0.795. The largest absolute Gasteiger partial charge is 0.321 e. The van der Waals surface area contributed by atoms with E-state index in [0.717, 1.165) is 11.4 Å². The zero-order chi connectivity index (χ0) is 14.2. The summed E-state index contributed by atoms with van der Waals surface area (Å²) in [7, 11) is 1.89. The third kappa shape index (κ3) is 2.57. The second-order valence-electron chi connectivity index (χ2n) is 5.57. The highest BCUT2D eigenvalue weighted by molar-refractivity contribution is 9.10. The van der Waals surface area contributed by atoms with Gasteiger partial charge < -0.3 is 4.57 Å². The van der Waals surface area contributed by atoms with Gasteiger partial charge in [0.2, 0.25) is 0 Å². The lowest BCUT2D eigenvalue weighted by atomic mass is 9.87. The SMILES string of the molecule is Cn1c(-c2ccc(C(C)(C)C)cc2)nc(C#N)c1Br. The van der Waals surface area contributed by atoms with Crippen molar-refractivity contribution in [2.45, 2.75) is 26.2 Å². The van der Waals surface area contributed by atoms with Gasteiger partial charge in [-0.2, -0.15) is 5.26 Å². The molecule has 19 heavy (non-hydrogen) atoms. The maximum atomic E-state index is 9.00. The van der Waals surface area contributed by atoms with Gasteiger partial charge in [0.15, 0.2) is 5.69 Å². The summed E-state index contributed by atoms with van der Waals surface area (Å²) in [6.45, 7) is 6.56. The molecule has 1 aromatic heterocycles. The molecule has 0 aliphatic carbocycles. The molecule has 98 valence electrons. The molecule has 0 radical (unpaired) electrons. The maximum Gasteiger partial charge on any atom is 0.173 e. The molecule has 3 nitrogen and oxygen atoms in total. The van der Waals surface area contributed by atoms with Crippen LogP contribution in [0.2, 0.25) is 0 Å². The van der Waals surface area contributed by atoms with Crippen molar-refractivity contribution >= 4 is 15.9 Å². The first-order valence-electron chi connectivity index (χ1n) is 6.08. The van der Waals surface area contributed by atoms with Gasteiger partial charge in [-0.05, 0) is 26.9 Å². The Kier molecular flexibility index (Phi) is 3.51. The third-order valence-electron chi connectivity index (χ3n) is 3.14. The molecule has 2 rings (SSSR count). The number of hydrogen-bond acceptors (Lipinski definition) is 2. The van der Waals surface area contributed by atoms with E-state index in [-0.39, 0.29) is 5.41 Å². The van der Waals surface area contributed by atoms with E-state index in [0.29, 0.717) is 10.3 Å². The monoisotopic (exact) mass is 317 g/mol. The lowest BCUT2D eigenvalue weighted by molar-refractivity contribution is 0.590. The fourth-order valence-corrected chi connectivity index (χ4v) is 2.27. The van der Waals surface area contributed by atoms with E-state index in [4.69, 9.17) is 5.26 Å². The van der Waals surface area contributed by atoms with Crippen LogP contribution in [0, 0.1) is 11.3 Å². The number of imidazole rings is 1. The lowest BCUT2D eigenvalue weighted by Gasteiger charge is -2.19. The predicted octanol–water partition coefficient (Wildman–Crippen LogP) is 4.02. The van der Waals surface area contributed by atoms with Crippen LogP contribution in [0.25, 0.3) is 11.4 Å². The van der Waals surface area contributed by atoms with Gasteiger partial charge in [-0.25, -0.2) is 4.98 Å². The van der Waals surface area contributed by atoms with Crippen LogP contribution in [0.1, 0.15) is 32.0 Å². The molecule has 2 aromatic rings. The van der Waals surface area contributed by atoms with Crippen molar-refractivity contribution in [2.24, 2.45) is 7.05 Å². The highest BCUT2D eigenvalue weighted by Crippen LogP contribution is 2.28. The van der Waals surface area contributed by atoms with Crippen molar-refractivity contribution in [3.63, 3.8) is 0 Å². The molecule has 1 aromatic carbocycles. The number of rotatable bonds is 1. The van der Waals surface area contributed by atoms with E-state index >= 15 is 0 Å². The standard InChI is InChI=1S/C15H16BrN3/c1-15(2,3)11-7-5-10(6-8-11)14-18-12(9-17)13(16)19(14)4/h5-8H,1-4H3. The molecule has 0 aliphatic rings. The smallest absolute Gasteiger partial charge is 0.173 e. The van der Waals surface area contributed by atoms with Crippen LogP contribution in [0.5, 0.6) is 0 Å². The number of benzene rings is 1. The van der Waals surface area contributed by atoms with E-state index in [1.54, 1.807) is 0 Å². The summed E-state index contributed by atoms with van der Waals surface area (Å²) in [6.07, 6.45) is 0. The van der Waals surface area contributed by atoms with Crippen molar-refractivity contribution in [1.29, 1.82) is 5.26 Å². The Morgan fingerprint density at radius 3 is 2.21 bits per heavy atom. The molecule has 0 amide bonds. The molecule has 4 heteroatoms. The minimum absolute atomic E-state index is 0.137. The second-order valence-corrected chi connectivity index (χ2v) is 6.32. The van der Waals surface area contributed by atoms with Crippen LogP contribution in [0.3, 0.4) is 0 Å². The Labute approximate surface area is 122 Å². The van der Waals surface area contributed by atoms with Gasteiger partial charge in [-0.15, -0.1) is 0 Å². The number of nitriles is 1. The summed E-state index contributed by atoms with van der Waals surface area (Å²) in [6, 6.07) is 10.4. The zero-order valence-corrected chi connectivity index (χ0v) is 13.1. The van der Waals surface area contributed by atoms with Gasteiger partial charge in [-0.1, -0.05) is 45.0 Å². The summed E-state index contributed by atoms with van der Waals surface area (Å²) in [4.78, 5) is 4.34. The fraction of sp³-hybridized carbons (Fsp3) is 0.333. The molecule has 0 atom stereocenters. The summed E-state index contributed by atoms with van der Waals surface area (Å²) in [5.41, 5.74) is 2.85. The average Bonchev–Trinajstić information content (AvgIpc) is 2.65. The highest BCUT2D eigenvalue weighted by Gasteiger charge is 2.16. The molecule has 0 fully saturated rings. The van der Waals surface area contributed by atoms with Gasteiger partial charge in [0.1, 0.15) is 16.5 Å². The summed E-state index contributed by atoms with van der Waals surface area (Å²) < 4.78 is 2.59. The van der Waals surface area contributed by atoms with E-state index < -0.39 is 0 Å². The minimum Gasteiger partial charge on any atom is -0.321 e. The Bertz CT molecular complexity index is 640. The Balaban J connectivity index is 2.47. The second kappa shape index (κ2) is 4.82. The number of hydrogen-bond donors (Lipinski definition) is 0. The lowest BCUT2D eigenvalue weighted by Crippen LogP contribution is -2.10. The normalized spacial score (nSPS) is 11.4. The van der Waals surface area contributed by atoms with E-state index in [9.17, 15) is 0 Å². The predicted molar refractivity (Wildman–Crippen MR) is 79.8 cm³/mol. The Hall–Kier alpha value is -1.60. The van der Waals surface area contributed by atoms with Crippen LogP contribution >= 0.6 is 15.9 Å². The minimum atomic E-state index is 0.137. The van der Waals surface area contributed by atoms with E-state index in [1.165, 1.54) is 5.56 Å². The maximum absolute atomic E-state index is 9.00. The number of aromatic nitrogens is 2. The summed E-state index contributed by atoms with van der Waals surface area (Å²) in [5, 5.41) is 9.00. The van der Waals surface area contributed by atoms with Crippen molar-refractivity contribution < 1.29 is 0 Å². The molecule has 0 saturated carbocycles. The van der Waals surface area contributed by atoms with Gasteiger partial charge in [0.05, 0.1) is 0 Å². The molecule has 0 bridgehead atoms. The quantitative estimate of drug-likeness (QED) is 0.797. The fourth-order valence-electron chi connectivity index (χ4n) is 1.93. The molecule has 0 N–H and O–H groups in total. The topological polar surface area (TPSA) is 41.6 Å². The van der Waals surface area contributed by atoms with Crippen molar-refractivity contribution in [1.82, 2.24) is 9.55 Å². The molecule has 0 spiro atoms. The van der Waals surface area contributed by atoms with Crippen molar-refractivity contribution in [3.05, 3.63) is 40.1 Å². The van der Waals surface area contributed by atoms with Crippen LogP contribution in [0.15, 0.2) is 28.9 Å². The van der Waals surface area contributed by atoms with E-state index in [1.807, 2.05) is 11.6 Å². The van der Waals surface area contributed by atoms with Crippen LogP contribution in [0.4, 0.5) is 0 Å². The summed E-state index contributed by atoms with van der Waals surface area (Å²) >= 11 is 3.38. The Morgan fingerprint density at radius 1 is 1.21 bits per heavy atom. The third-order valence-corrected chi connectivity index (χ3v) is 4.05. The van der Waals surface area contributed by atoms with Gasteiger partial charge in [-0.3, -0.25) is 0 Å². The first-order valence-corrected chi connectivity index (χ1v) is 6.87. The van der Waals surface area contributed by atoms with Gasteiger partial charge >= 0.3 is 0 Å².